The van der Waals surface area contributed by atoms with Gasteiger partial charge in [-0.05, 0) is 44.6 Å². The van der Waals surface area contributed by atoms with Gasteiger partial charge in [0.1, 0.15) is 0 Å². The first-order chi connectivity index (χ1) is 9.22. The van der Waals surface area contributed by atoms with Crippen LogP contribution < -0.4 is 0 Å². The molecule has 0 amide bonds. The number of nitrogens with zero attached hydrogens (tertiary/aromatic N) is 1. The molecule has 3 fully saturated rings. The molecule has 1 N–H and O–H groups in total. The Bertz CT molecular complexity index is 355. The van der Waals surface area contributed by atoms with Crippen molar-refractivity contribution in [3.8, 4) is 0 Å². The third-order valence-electron chi connectivity index (χ3n) is 5.36. The predicted octanol–water partition coefficient (Wildman–Crippen LogP) is 3.20. The molecule has 0 aromatic carbocycles. The Morgan fingerprint density at radius 2 is 1.79 bits per heavy atom. The highest BCUT2D eigenvalue weighted by Gasteiger charge is 2.38. The lowest BCUT2D eigenvalue weighted by Crippen LogP contribution is -2.41. The molecule has 2 atom stereocenters. The first kappa shape index (κ1) is 13.2. The molecule has 106 valence electrons. The summed E-state index contributed by atoms with van der Waals surface area (Å²) in [5.41, 5.74) is 1.16. The van der Waals surface area contributed by atoms with Crippen molar-refractivity contribution in [1.82, 2.24) is 4.90 Å². The van der Waals surface area contributed by atoms with E-state index in [2.05, 4.69) is 4.90 Å². The third kappa shape index (κ3) is 3.02. The number of aliphatic carboxylic acids is 1. The lowest BCUT2D eigenvalue weighted by atomic mass is 9.95. The quantitative estimate of drug-likeness (QED) is 0.792. The number of carbonyl (C=O) groups is 1. The van der Waals surface area contributed by atoms with Crippen LogP contribution in [0.25, 0.3) is 0 Å². The molecule has 19 heavy (non-hydrogen) atoms. The van der Waals surface area contributed by atoms with Crippen LogP contribution in [0.3, 0.4) is 0 Å². The zero-order valence-electron chi connectivity index (χ0n) is 11.7. The molecule has 1 saturated carbocycles. The highest BCUT2D eigenvalue weighted by Crippen LogP contribution is 2.39. The molecule has 2 bridgehead atoms. The summed E-state index contributed by atoms with van der Waals surface area (Å²) in [4.78, 5) is 13.5. The van der Waals surface area contributed by atoms with Crippen molar-refractivity contribution < 1.29 is 9.90 Å². The summed E-state index contributed by atoms with van der Waals surface area (Å²) in [6.45, 7) is 1.25. The molecule has 3 nitrogen and oxygen atoms in total. The van der Waals surface area contributed by atoms with Gasteiger partial charge in [0.25, 0.3) is 0 Å². The lowest BCUT2D eigenvalue weighted by Gasteiger charge is -2.36. The van der Waals surface area contributed by atoms with E-state index in [9.17, 15) is 4.79 Å². The summed E-state index contributed by atoms with van der Waals surface area (Å²) in [7, 11) is 0. The van der Waals surface area contributed by atoms with E-state index in [1.807, 2.05) is 0 Å². The predicted molar refractivity (Wildman–Crippen MR) is 75.0 cm³/mol. The van der Waals surface area contributed by atoms with Crippen molar-refractivity contribution in [3.05, 3.63) is 11.6 Å². The smallest absolute Gasteiger partial charge is 0.328 e. The zero-order chi connectivity index (χ0) is 13.2. The maximum Gasteiger partial charge on any atom is 0.328 e. The topological polar surface area (TPSA) is 40.5 Å². The zero-order valence-corrected chi connectivity index (χ0v) is 11.7. The van der Waals surface area contributed by atoms with E-state index in [1.165, 1.54) is 57.6 Å². The van der Waals surface area contributed by atoms with Gasteiger partial charge in [0.2, 0.25) is 0 Å². The normalized spacial score (nSPS) is 31.9. The summed E-state index contributed by atoms with van der Waals surface area (Å²) in [5, 5.41) is 8.88. The van der Waals surface area contributed by atoms with Gasteiger partial charge in [-0.3, -0.25) is 4.90 Å². The minimum absolute atomic E-state index is 0.630. The summed E-state index contributed by atoms with van der Waals surface area (Å²) in [6, 6.07) is 1.26. The highest BCUT2D eigenvalue weighted by atomic mass is 16.4. The molecule has 0 aromatic rings. The van der Waals surface area contributed by atoms with Crippen LogP contribution in [-0.2, 0) is 4.79 Å². The molecular weight excluding hydrogens is 238 g/mol. The fourth-order valence-electron chi connectivity index (χ4n) is 4.43. The van der Waals surface area contributed by atoms with Crippen LogP contribution in [0.2, 0.25) is 0 Å². The van der Waals surface area contributed by atoms with Gasteiger partial charge < -0.3 is 5.11 Å². The number of hydrogen-bond donors (Lipinski definition) is 1. The van der Waals surface area contributed by atoms with E-state index in [-0.39, 0.29) is 0 Å². The van der Waals surface area contributed by atoms with Crippen molar-refractivity contribution in [2.45, 2.75) is 69.9 Å². The first-order valence-electron chi connectivity index (χ1n) is 7.90. The van der Waals surface area contributed by atoms with Gasteiger partial charge in [-0.2, -0.15) is 0 Å². The average molecular weight is 263 g/mol. The van der Waals surface area contributed by atoms with Crippen LogP contribution in [0, 0.1) is 5.92 Å². The minimum atomic E-state index is -0.770. The summed E-state index contributed by atoms with van der Waals surface area (Å²) >= 11 is 0. The molecule has 3 rings (SSSR count). The Kier molecular flexibility index (Phi) is 3.92. The molecule has 2 aliphatic heterocycles. The van der Waals surface area contributed by atoms with Gasteiger partial charge in [-0.1, -0.05) is 31.3 Å². The van der Waals surface area contributed by atoms with Crippen molar-refractivity contribution in [1.29, 1.82) is 0 Å². The maximum absolute atomic E-state index is 10.8. The van der Waals surface area contributed by atoms with Crippen LogP contribution in [0.1, 0.15) is 57.8 Å². The molecule has 0 spiro atoms. The second-order valence-corrected chi connectivity index (χ2v) is 6.61. The Labute approximate surface area is 115 Å². The van der Waals surface area contributed by atoms with Gasteiger partial charge in [-0.25, -0.2) is 4.79 Å². The van der Waals surface area contributed by atoms with Crippen LogP contribution in [0.4, 0.5) is 0 Å². The van der Waals surface area contributed by atoms with Crippen molar-refractivity contribution in [3.63, 3.8) is 0 Å². The molecule has 0 radical (unpaired) electrons. The molecule has 2 saturated heterocycles. The van der Waals surface area contributed by atoms with E-state index < -0.39 is 5.97 Å². The van der Waals surface area contributed by atoms with E-state index in [0.717, 1.165) is 24.3 Å². The Morgan fingerprint density at radius 3 is 2.37 bits per heavy atom. The highest BCUT2D eigenvalue weighted by molar-refractivity contribution is 5.80. The van der Waals surface area contributed by atoms with Gasteiger partial charge in [0, 0.05) is 18.2 Å². The van der Waals surface area contributed by atoms with Gasteiger partial charge in [0.15, 0.2) is 0 Å². The number of rotatable bonds is 4. The summed E-state index contributed by atoms with van der Waals surface area (Å²) in [5.74, 6) is 0.198. The SMILES string of the molecule is O=C(O)C=C1CC2CCC(C1)N2CCC1CCCC1. The number of fused-ring (bicyclic) bond motifs is 2. The number of piperidine rings is 1. The van der Waals surface area contributed by atoms with Crippen molar-refractivity contribution >= 4 is 5.97 Å². The van der Waals surface area contributed by atoms with E-state index in [1.54, 1.807) is 0 Å². The van der Waals surface area contributed by atoms with Gasteiger partial charge in [-0.15, -0.1) is 0 Å². The molecule has 2 unspecified atom stereocenters. The fourth-order valence-corrected chi connectivity index (χ4v) is 4.43. The third-order valence-corrected chi connectivity index (χ3v) is 5.36. The first-order valence-corrected chi connectivity index (χ1v) is 7.90. The lowest BCUT2D eigenvalue weighted by molar-refractivity contribution is -0.131. The average Bonchev–Trinajstić information content (AvgIpc) is 2.93. The Morgan fingerprint density at radius 1 is 1.16 bits per heavy atom. The standard InChI is InChI=1S/C16H25NO2/c18-16(19)11-13-9-14-5-6-15(10-13)17(14)8-7-12-3-1-2-4-12/h11-12,14-15H,1-10H2,(H,18,19). The van der Waals surface area contributed by atoms with Gasteiger partial charge in [0.05, 0.1) is 0 Å². The molecule has 3 aliphatic rings. The second-order valence-electron chi connectivity index (χ2n) is 6.61. The Hall–Kier alpha value is -0.830. The van der Waals surface area contributed by atoms with Crippen LogP contribution in [0.5, 0.6) is 0 Å². The molecule has 1 aliphatic carbocycles. The number of carboxylic acid groups (broad SMARTS) is 1. The minimum Gasteiger partial charge on any atom is -0.478 e. The van der Waals surface area contributed by atoms with E-state index in [4.69, 9.17) is 5.11 Å². The number of carboxylic acids is 1. The monoisotopic (exact) mass is 263 g/mol. The van der Waals surface area contributed by atoms with E-state index in [0.29, 0.717) is 12.1 Å². The van der Waals surface area contributed by atoms with Crippen molar-refractivity contribution in [2.24, 2.45) is 5.92 Å². The second kappa shape index (κ2) is 5.66. The Balaban J connectivity index is 1.55. The molecule has 3 heteroatoms. The maximum atomic E-state index is 10.8. The van der Waals surface area contributed by atoms with E-state index >= 15 is 0 Å². The fraction of sp³-hybridized carbons (Fsp3) is 0.812. The van der Waals surface area contributed by atoms with Crippen LogP contribution >= 0.6 is 0 Å². The largest absolute Gasteiger partial charge is 0.478 e. The van der Waals surface area contributed by atoms with Crippen LogP contribution in [-0.4, -0.2) is 34.6 Å². The van der Waals surface area contributed by atoms with Crippen molar-refractivity contribution in [2.75, 3.05) is 6.54 Å². The molecule has 2 heterocycles. The number of hydrogen-bond acceptors (Lipinski definition) is 2. The van der Waals surface area contributed by atoms with Gasteiger partial charge >= 0.3 is 5.97 Å². The molecular formula is C16H25NO2. The van der Waals surface area contributed by atoms with Crippen LogP contribution in [0.15, 0.2) is 11.6 Å². The summed E-state index contributed by atoms with van der Waals surface area (Å²) in [6.07, 6.45) is 13.1. The molecule has 0 aromatic heterocycles. The summed E-state index contributed by atoms with van der Waals surface area (Å²) < 4.78 is 0.